The van der Waals surface area contributed by atoms with E-state index in [4.69, 9.17) is 4.74 Å². The smallest absolute Gasteiger partial charge is 0.309 e. The summed E-state index contributed by atoms with van der Waals surface area (Å²) in [5, 5.41) is 2.00. The summed E-state index contributed by atoms with van der Waals surface area (Å²) in [6, 6.07) is 4.09. The molecule has 2 fully saturated rings. The first-order valence-electron chi connectivity index (χ1n) is 8.81. The van der Waals surface area contributed by atoms with Gasteiger partial charge in [0.2, 0.25) is 10.0 Å². The van der Waals surface area contributed by atoms with Gasteiger partial charge in [-0.15, -0.1) is 11.3 Å². The number of ether oxygens (including phenoxy) is 1. The molecule has 1 aromatic rings. The van der Waals surface area contributed by atoms with Crippen LogP contribution in [0, 0.1) is 5.92 Å². The molecule has 2 aliphatic heterocycles. The molecule has 1 unspecified atom stereocenters. The molecule has 2 aliphatic rings. The number of likely N-dealkylation sites (tertiary alicyclic amines) is 1. The van der Waals surface area contributed by atoms with Crippen LogP contribution in [0.1, 0.15) is 36.6 Å². The van der Waals surface area contributed by atoms with Gasteiger partial charge in [-0.25, -0.2) is 12.7 Å². The highest BCUT2D eigenvalue weighted by Gasteiger charge is 2.33. The number of piperidine rings is 1. The highest BCUT2D eigenvalue weighted by molar-refractivity contribution is 7.88. The monoisotopic (exact) mass is 400 g/mol. The molecule has 0 saturated carbocycles. The summed E-state index contributed by atoms with van der Waals surface area (Å²) in [6.45, 7) is 1.08. The Bertz CT molecular complexity index is 739. The number of sulfonamides is 1. The van der Waals surface area contributed by atoms with E-state index in [2.05, 4.69) is 0 Å². The number of amides is 1. The molecule has 3 heterocycles. The Kier molecular flexibility index (Phi) is 5.99. The van der Waals surface area contributed by atoms with Crippen LogP contribution < -0.4 is 0 Å². The minimum Gasteiger partial charge on any atom is -0.455 e. The Hall–Kier alpha value is -1.45. The van der Waals surface area contributed by atoms with E-state index in [-0.39, 0.29) is 24.5 Å². The highest BCUT2D eigenvalue weighted by atomic mass is 32.2. The normalized spacial score (nSPS) is 22.5. The molecule has 9 heteroatoms. The second-order valence-corrected chi connectivity index (χ2v) is 9.77. The molecule has 3 rings (SSSR count). The fourth-order valence-electron chi connectivity index (χ4n) is 3.60. The van der Waals surface area contributed by atoms with E-state index in [1.54, 1.807) is 16.2 Å². The van der Waals surface area contributed by atoms with Gasteiger partial charge in [-0.05, 0) is 37.1 Å². The lowest BCUT2D eigenvalue weighted by molar-refractivity contribution is -0.156. The highest BCUT2D eigenvalue weighted by Crippen LogP contribution is 2.34. The van der Waals surface area contributed by atoms with E-state index in [0.717, 1.165) is 17.7 Å². The molecule has 0 N–H and O–H groups in total. The number of thiophene rings is 1. The zero-order valence-electron chi connectivity index (χ0n) is 14.8. The van der Waals surface area contributed by atoms with Crippen LogP contribution in [0.5, 0.6) is 0 Å². The van der Waals surface area contributed by atoms with Crippen molar-refractivity contribution in [1.82, 2.24) is 9.21 Å². The van der Waals surface area contributed by atoms with Crippen LogP contribution >= 0.6 is 11.3 Å². The Morgan fingerprint density at radius 2 is 1.96 bits per heavy atom. The topological polar surface area (TPSA) is 84.0 Å². The van der Waals surface area contributed by atoms with Crippen LogP contribution in [0.15, 0.2) is 17.5 Å². The van der Waals surface area contributed by atoms with Gasteiger partial charge in [0.25, 0.3) is 5.91 Å². The zero-order chi connectivity index (χ0) is 18.7. The van der Waals surface area contributed by atoms with Crippen LogP contribution in [0.3, 0.4) is 0 Å². The summed E-state index contributed by atoms with van der Waals surface area (Å²) in [5.41, 5.74) is 0. The molecule has 0 aromatic carbocycles. The second-order valence-electron chi connectivity index (χ2n) is 6.80. The third kappa shape index (κ3) is 4.44. The average Bonchev–Trinajstić information content (AvgIpc) is 3.29. The van der Waals surface area contributed by atoms with E-state index >= 15 is 0 Å². The summed E-state index contributed by atoms with van der Waals surface area (Å²) in [6.07, 6.45) is 3.92. The second kappa shape index (κ2) is 8.06. The van der Waals surface area contributed by atoms with Crippen molar-refractivity contribution < 1.29 is 22.7 Å². The van der Waals surface area contributed by atoms with Crippen molar-refractivity contribution >= 4 is 33.2 Å². The van der Waals surface area contributed by atoms with Crippen molar-refractivity contribution in [1.29, 1.82) is 0 Å². The zero-order valence-corrected chi connectivity index (χ0v) is 16.4. The van der Waals surface area contributed by atoms with E-state index in [0.29, 0.717) is 32.5 Å². The standard InChI is InChI=1S/C17H24N2O5S2/c1-26(22,23)18-9-6-13(7-10-18)17(21)24-12-16(20)19-8-2-4-14(19)15-5-3-11-25-15/h3,5,11,13-14H,2,4,6-10,12H2,1H3. The van der Waals surface area contributed by atoms with Crippen LogP contribution in [-0.2, 0) is 24.3 Å². The van der Waals surface area contributed by atoms with Crippen molar-refractivity contribution in [3.05, 3.63) is 22.4 Å². The first-order chi connectivity index (χ1) is 12.4. The Morgan fingerprint density at radius 1 is 1.23 bits per heavy atom. The Labute approximate surface area is 158 Å². The molecular formula is C17H24N2O5S2. The first kappa shape index (κ1) is 19.3. The Balaban J connectivity index is 1.48. The van der Waals surface area contributed by atoms with Gasteiger partial charge in [-0.2, -0.15) is 0 Å². The van der Waals surface area contributed by atoms with Crippen LogP contribution in [0.25, 0.3) is 0 Å². The molecule has 1 atom stereocenters. The van der Waals surface area contributed by atoms with Crippen LogP contribution in [-0.4, -0.2) is 62.0 Å². The molecule has 1 aromatic heterocycles. The van der Waals surface area contributed by atoms with Gasteiger partial charge in [0, 0.05) is 24.5 Å². The number of rotatable bonds is 5. The summed E-state index contributed by atoms with van der Waals surface area (Å²) in [7, 11) is -3.22. The molecule has 1 amide bonds. The van der Waals surface area contributed by atoms with Gasteiger partial charge in [-0.1, -0.05) is 6.07 Å². The van der Waals surface area contributed by atoms with Gasteiger partial charge in [0.05, 0.1) is 18.2 Å². The van der Waals surface area contributed by atoms with Crippen molar-refractivity contribution in [3.8, 4) is 0 Å². The first-order valence-corrected chi connectivity index (χ1v) is 11.5. The fraction of sp³-hybridized carbons (Fsp3) is 0.647. The summed E-state index contributed by atoms with van der Waals surface area (Å²) in [4.78, 5) is 27.7. The van der Waals surface area contributed by atoms with Crippen LogP contribution in [0.2, 0.25) is 0 Å². The van der Waals surface area contributed by atoms with E-state index < -0.39 is 16.0 Å². The van der Waals surface area contributed by atoms with Crippen molar-refractivity contribution in [3.63, 3.8) is 0 Å². The van der Waals surface area contributed by atoms with Gasteiger partial charge in [-0.3, -0.25) is 9.59 Å². The Morgan fingerprint density at radius 3 is 2.58 bits per heavy atom. The molecule has 0 radical (unpaired) electrons. The molecule has 2 saturated heterocycles. The largest absolute Gasteiger partial charge is 0.455 e. The van der Waals surface area contributed by atoms with Crippen molar-refractivity contribution in [2.24, 2.45) is 5.92 Å². The van der Waals surface area contributed by atoms with E-state index in [1.165, 1.54) is 10.6 Å². The van der Waals surface area contributed by atoms with Gasteiger partial charge in [0.15, 0.2) is 6.61 Å². The van der Waals surface area contributed by atoms with Gasteiger partial charge in [0.1, 0.15) is 0 Å². The summed E-state index contributed by atoms with van der Waals surface area (Å²) >= 11 is 1.64. The number of hydrogen-bond acceptors (Lipinski definition) is 6. The number of carbonyl (C=O) groups excluding carboxylic acids is 2. The lowest BCUT2D eigenvalue weighted by Crippen LogP contribution is -2.41. The van der Waals surface area contributed by atoms with Crippen LogP contribution in [0.4, 0.5) is 0 Å². The van der Waals surface area contributed by atoms with Crippen molar-refractivity contribution in [2.75, 3.05) is 32.5 Å². The van der Waals surface area contributed by atoms with E-state index in [1.807, 2.05) is 17.5 Å². The summed E-state index contributed by atoms with van der Waals surface area (Å²) < 4.78 is 29.6. The third-order valence-corrected chi connectivity index (χ3v) is 7.32. The maximum atomic E-state index is 12.5. The molecule has 0 aliphatic carbocycles. The van der Waals surface area contributed by atoms with Gasteiger partial charge >= 0.3 is 5.97 Å². The number of hydrogen-bond donors (Lipinski definition) is 0. The quantitative estimate of drug-likeness (QED) is 0.702. The average molecular weight is 401 g/mol. The molecule has 7 nitrogen and oxygen atoms in total. The SMILES string of the molecule is CS(=O)(=O)N1CCC(C(=O)OCC(=O)N2CCCC2c2cccs2)CC1. The minimum absolute atomic E-state index is 0.0826. The fourth-order valence-corrected chi connectivity index (χ4v) is 5.35. The molecule has 0 bridgehead atoms. The van der Waals surface area contributed by atoms with Gasteiger partial charge < -0.3 is 9.64 Å². The predicted molar refractivity (Wildman–Crippen MR) is 98.1 cm³/mol. The van der Waals surface area contributed by atoms with Crippen molar-refractivity contribution in [2.45, 2.75) is 31.7 Å². The van der Waals surface area contributed by atoms with E-state index in [9.17, 15) is 18.0 Å². The number of nitrogens with zero attached hydrogens (tertiary/aromatic N) is 2. The number of esters is 1. The molecule has 26 heavy (non-hydrogen) atoms. The number of carbonyl (C=O) groups is 2. The predicted octanol–water partition coefficient (Wildman–Crippen LogP) is 1.63. The summed E-state index contributed by atoms with van der Waals surface area (Å²) in [5.74, 6) is -0.909. The molecule has 0 spiro atoms. The minimum atomic E-state index is -3.22. The molecular weight excluding hydrogens is 376 g/mol. The maximum absolute atomic E-state index is 12.5. The molecule has 144 valence electrons. The third-order valence-electron chi connectivity index (χ3n) is 5.04. The lowest BCUT2D eigenvalue weighted by atomic mass is 9.98. The lowest BCUT2D eigenvalue weighted by Gasteiger charge is -2.29. The maximum Gasteiger partial charge on any atom is 0.309 e.